The van der Waals surface area contributed by atoms with Gasteiger partial charge < -0.3 is 18.9 Å². The molecule has 1 aromatic rings. The molecule has 2 heterocycles. The lowest BCUT2D eigenvalue weighted by molar-refractivity contribution is -0.140. The van der Waals surface area contributed by atoms with Crippen molar-refractivity contribution in [2.75, 3.05) is 26.4 Å². The third-order valence-corrected chi connectivity index (χ3v) is 3.18. The Balaban J connectivity index is 1.56. The molecule has 1 atom stereocenters. The van der Waals surface area contributed by atoms with Gasteiger partial charge in [-0.3, -0.25) is 0 Å². The predicted molar refractivity (Wildman–Crippen MR) is 65.7 cm³/mol. The highest BCUT2D eigenvalue weighted by atomic mass is 16.7. The molecule has 0 aliphatic carbocycles. The first-order valence-corrected chi connectivity index (χ1v) is 6.35. The van der Waals surface area contributed by atoms with E-state index >= 15 is 0 Å². The molecule has 0 bridgehead atoms. The van der Waals surface area contributed by atoms with E-state index in [1.807, 2.05) is 19.1 Å². The molecule has 0 spiro atoms. The molecule has 2 aliphatic heterocycles. The lowest BCUT2D eigenvalue weighted by atomic mass is 10.1. The number of epoxide rings is 1. The van der Waals surface area contributed by atoms with Crippen molar-refractivity contribution in [3.8, 4) is 5.75 Å². The van der Waals surface area contributed by atoms with Crippen LogP contribution in [0.3, 0.4) is 0 Å². The highest BCUT2D eigenvalue weighted by Gasteiger charge is 2.31. The minimum absolute atomic E-state index is 0.295. The third-order valence-electron chi connectivity index (χ3n) is 3.18. The van der Waals surface area contributed by atoms with Gasteiger partial charge in [0.25, 0.3) is 0 Å². The maximum atomic E-state index is 5.59. The molecule has 18 heavy (non-hydrogen) atoms. The van der Waals surface area contributed by atoms with Crippen LogP contribution in [0, 0.1) is 0 Å². The Hall–Kier alpha value is -1.10. The van der Waals surface area contributed by atoms with Gasteiger partial charge >= 0.3 is 0 Å². The summed E-state index contributed by atoms with van der Waals surface area (Å²) < 4.78 is 21.9. The first kappa shape index (κ1) is 12.0. The van der Waals surface area contributed by atoms with E-state index in [2.05, 4.69) is 12.1 Å². The number of benzene rings is 1. The maximum Gasteiger partial charge on any atom is 0.169 e. The van der Waals surface area contributed by atoms with Crippen LogP contribution in [0.25, 0.3) is 0 Å². The Morgan fingerprint density at radius 1 is 1.22 bits per heavy atom. The highest BCUT2D eigenvalue weighted by Crippen LogP contribution is 2.25. The fourth-order valence-corrected chi connectivity index (χ4v) is 2.09. The van der Waals surface area contributed by atoms with Crippen LogP contribution in [0.5, 0.6) is 5.75 Å². The molecule has 4 heteroatoms. The smallest absolute Gasteiger partial charge is 0.169 e. The molecule has 4 nitrogen and oxygen atoms in total. The van der Waals surface area contributed by atoms with Crippen molar-refractivity contribution in [3.63, 3.8) is 0 Å². The summed E-state index contributed by atoms with van der Waals surface area (Å²) in [7, 11) is 0. The van der Waals surface area contributed by atoms with Gasteiger partial charge in [0.15, 0.2) is 5.79 Å². The molecule has 0 aromatic heterocycles. The van der Waals surface area contributed by atoms with Gasteiger partial charge in [-0.15, -0.1) is 0 Å². The first-order chi connectivity index (χ1) is 8.73. The zero-order valence-corrected chi connectivity index (χ0v) is 10.6. The van der Waals surface area contributed by atoms with E-state index in [1.165, 1.54) is 5.56 Å². The van der Waals surface area contributed by atoms with Crippen molar-refractivity contribution < 1.29 is 18.9 Å². The molecule has 2 saturated heterocycles. The minimum Gasteiger partial charge on any atom is -0.491 e. The molecular formula is C14H18O4. The summed E-state index contributed by atoms with van der Waals surface area (Å²) in [5.41, 5.74) is 1.19. The molecule has 0 radical (unpaired) electrons. The summed E-state index contributed by atoms with van der Waals surface area (Å²) in [5.74, 6) is 0.414. The summed E-state index contributed by atoms with van der Waals surface area (Å²) in [6, 6.07) is 8.07. The number of hydrogen-bond acceptors (Lipinski definition) is 4. The van der Waals surface area contributed by atoms with E-state index in [0.29, 0.717) is 25.9 Å². The Bertz CT molecular complexity index is 391. The second-order valence-corrected chi connectivity index (χ2v) is 4.92. The van der Waals surface area contributed by atoms with Crippen molar-refractivity contribution in [2.45, 2.75) is 25.2 Å². The maximum absolute atomic E-state index is 5.59. The zero-order valence-electron chi connectivity index (χ0n) is 10.6. The predicted octanol–water partition coefficient (Wildman–Crippen LogP) is 1.77. The zero-order chi connectivity index (χ0) is 12.4. The van der Waals surface area contributed by atoms with Gasteiger partial charge in [-0.2, -0.15) is 0 Å². The normalized spacial score (nSPS) is 25.1. The van der Waals surface area contributed by atoms with Crippen LogP contribution in [0.15, 0.2) is 24.3 Å². The van der Waals surface area contributed by atoms with Crippen LogP contribution < -0.4 is 4.74 Å². The van der Waals surface area contributed by atoms with E-state index in [0.717, 1.165) is 18.8 Å². The molecule has 98 valence electrons. The highest BCUT2D eigenvalue weighted by molar-refractivity contribution is 5.28. The fourth-order valence-electron chi connectivity index (χ4n) is 2.09. The van der Waals surface area contributed by atoms with Crippen LogP contribution >= 0.6 is 0 Å². The second-order valence-electron chi connectivity index (χ2n) is 4.92. The van der Waals surface area contributed by atoms with E-state index in [4.69, 9.17) is 18.9 Å². The van der Waals surface area contributed by atoms with Crippen molar-refractivity contribution in [1.82, 2.24) is 0 Å². The van der Waals surface area contributed by atoms with Gasteiger partial charge in [0.1, 0.15) is 18.5 Å². The van der Waals surface area contributed by atoms with Gasteiger partial charge in [-0.1, -0.05) is 12.1 Å². The Labute approximate surface area is 107 Å². The summed E-state index contributed by atoms with van der Waals surface area (Å²) in [5, 5.41) is 0. The van der Waals surface area contributed by atoms with E-state index in [-0.39, 0.29) is 0 Å². The van der Waals surface area contributed by atoms with Crippen LogP contribution in [-0.4, -0.2) is 38.3 Å². The number of rotatable bonds is 5. The van der Waals surface area contributed by atoms with Gasteiger partial charge in [0.05, 0.1) is 19.8 Å². The average molecular weight is 250 g/mol. The molecule has 0 saturated carbocycles. The monoisotopic (exact) mass is 250 g/mol. The summed E-state index contributed by atoms with van der Waals surface area (Å²) in [6.45, 7) is 4.81. The largest absolute Gasteiger partial charge is 0.491 e. The first-order valence-electron chi connectivity index (χ1n) is 6.35. The van der Waals surface area contributed by atoms with E-state index in [1.54, 1.807) is 0 Å². The minimum atomic E-state index is -0.468. The summed E-state index contributed by atoms with van der Waals surface area (Å²) >= 11 is 0. The molecule has 1 unspecified atom stereocenters. The standard InChI is InChI=1S/C14H18O4/c1-14(17-6-7-18-14)8-11-2-4-12(5-3-11)15-9-13-10-16-13/h2-5,13H,6-10H2,1H3. The molecule has 0 amide bonds. The molecule has 2 aliphatic rings. The molecule has 0 N–H and O–H groups in total. The second kappa shape index (κ2) is 4.88. The van der Waals surface area contributed by atoms with E-state index < -0.39 is 5.79 Å². The third kappa shape index (κ3) is 3.02. The quantitative estimate of drug-likeness (QED) is 0.747. The van der Waals surface area contributed by atoms with Gasteiger partial charge in [0, 0.05) is 6.42 Å². The van der Waals surface area contributed by atoms with Crippen molar-refractivity contribution in [3.05, 3.63) is 29.8 Å². The van der Waals surface area contributed by atoms with Crippen molar-refractivity contribution >= 4 is 0 Å². The molecule has 2 fully saturated rings. The molecular weight excluding hydrogens is 232 g/mol. The lowest BCUT2D eigenvalue weighted by Gasteiger charge is -2.22. The van der Waals surface area contributed by atoms with Crippen molar-refractivity contribution in [2.24, 2.45) is 0 Å². The van der Waals surface area contributed by atoms with Crippen LogP contribution in [0.2, 0.25) is 0 Å². The molecule has 3 rings (SSSR count). The van der Waals surface area contributed by atoms with Crippen LogP contribution in [0.1, 0.15) is 12.5 Å². The Morgan fingerprint density at radius 3 is 2.50 bits per heavy atom. The SMILES string of the molecule is CC1(Cc2ccc(OCC3CO3)cc2)OCCO1. The number of hydrogen-bond donors (Lipinski definition) is 0. The van der Waals surface area contributed by atoms with Crippen molar-refractivity contribution in [1.29, 1.82) is 0 Å². The summed E-state index contributed by atoms with van der Waals surface area (Å²) in [4.78, 5) is 0. The molecule has 1 aromatic carbocycles. The van der Waals surface area contributed by atoms with Crippen LogP contribution in [0.4, 0.5) is 0 Å². The van der Waals surface area contributed by atoms with Gasteiger partial charge in [-0.05, 0) is 24.6 Å². The topological polar surface area (TPSA) is 40.2 Å². The Kier molecular flexibility index (Phi) is 3.24. The van der Waals surface area contributed by atoms with Gasteiger partial charge in [-0.25, -0.2) is 0 Å². The average Bonchev–Trinajstić information content (AvgIpc) is 3.11. The fraction of sp³-hybridized carbons (Fsp3) is 0.571. The Morgan fingerprint density at radius 2 is 1.89 bits per heavy atom. The number of ether oxygens (including phenoxy) is 4. The van der Waals surface area contributed by atoms with Crippen LogP contribution in [-0.2, 0) is 20.6 Å². The lowest BCUT2D eigenvalue weighted by Crippen LogP contribution is -2.28. The van der Waals surface area contributed by atoms with Gasteiger partial charge in [0.2, 0.25) is 0 Å². The summed E-state index contributed by atoms with van der Waals surface area (Å²) in [6.07, 6.45) is 1.06. The van der Waals surface area contributed by atoms with E-state index in [9.17, 15) is 0 Å².